The van der Waals surface area contributed by atoms with E-state index in [-0.39, 0.29) is 5.92 Å². The van der Waals surface area contributed by atoms with Crippen molar-refractivity contribution >= 4 is 0 Å². The van der Waals surface area contributed by atoms with Gasteiger partial charge in [0.25, 0.3) is 0 Å². The average molecular weight is 308 g/mol. The average Bonchev–Trinajstić information content (AvgIpc) is 2.45. The van der Waals surface area contributed by atoms with Crippen LogP contribution in [0.5, 0.6) is 5.75 Å². The summed E-state index contributed by atoms with van der Waals surface area (Å²) in [7, 11) is 0. The van der Waals surface area contributed by atoms with Crippen LogP contribution < -0.4 is 4.74 Å². The molecule has 3 unspecified atom stereocenters. The van der Waals surface area contributed by atoms with E-state index >= 15 is 0 Å². The number of rotatable bonds is 9. The topological polar surface area (TPSA) is 49.7 Å². The van der Waals surface area contributed by atoms with Crippen LogP contribution >= 0.6 is 0 Å². The van der Waals surface area contributed by atoms with Gasteiger partial charge < -0.3 is 14.9 Å². The Bertz CT molecular complexity index is 456. The number of aliphatic hydroxyl groups excluding tert-OH is 2. The van der Waals surface area contributed by atoms with Crippen molar-refractivity contribution in [1.82, 2.24) is 0 Å². The van der Waals surface area contributed by atoms with Gasteiger partial charge in [0, 0.05) is 0 Å². The third-order valence-electron chi connectivity index (χ3n) is 4.05. The third-order valence-corrected chi connectivity index (χ3v) is 4.05. The van der Waals surface area contributed by atoms with Gasteiger partial charge in [0.2, 0.25) is 0 Å². The lowest BCUT2D eigenvalue weighted by molar-refractivity contribution is 0.00625. The van der Waals surface area contributed by atoms with Crippen molar-refractivity contribution in [3.63, 3.8) is 0 Å². The van der Waals surface area contributed by atoms with Gasteiger partial charge in [-0.2, -0.15) is 0 Å². The van der Waals surface area contributed by atoms with E-state index in [0.29, 0.717) is 19.4 Å². The second-order valence-corrected chi connectivity index (χ2v) is 6.41. The molecule has 0 aromatic heterocycles. The molecular formula is C19H32O3. The maximum atomic E-state index is 10.2. The van der Waals surface area contributed by atoms with Gasteiger partial charge in [-0.05, 0) is 50.2 Å². The van der Waals surface area contributed by atoms with E-state index in [0.717, 1.165) is 29.7 Å². The fraction of sp³-hybridized carbons (Fsp3) is 0.684. The summed E-state index contributed by atoms with van der Waals surface area (Å²) >= 11 is 0. The lowest BCUT2D eigenvalue weighted by Crippen LogP contribution is -2.27. The summed E-state index contributed by atoms with van der Waals surface area (Å²) in [5.74, 6) is 1.09. The fourth-order valence-corrected chi connectivity index (χ4v) is 2.89. The van der Waals surface area contributed by atoms with Crippen LogP contribution in [0, 0.1) is 13.8 Å². The zero-order valence-corrected chi connectivity index (χ0v) is 14.7. The van der Waals surface area contributed by atoms with Crippen LogP contribution in [0.2, 0.25) is 0 Å². The van der Waals surface area contributed by atoms with Crippen molar-refractivity contribution in [3.05, 3.63) is 28.8 Å². The monoisotopic (exact) mass is 308 g/mol. The minimum Gasteiger partial charge on any atom is -0.493 e. The molecule has 2 N–H and O–H groups in total. The van der Waals surface area contributed by atoms with Crippen molar-refractivity contribution < 1.29 is 14.9 Å². The molecule has 3 atom stereocenters. The molecule has 0 heterocycles. The Labute approximate surface area is 135 Å². The number of aryl methyl sites for hydroxylation is 2. The van der Waals surface area contributed by atoms with Crippen molar-refractivity contribution in [2.45, 2.75) is 78.4 Å². The van der Waals surface area contributed by atoms with Crippen LogP contribution in [0.1, 0.15) is 69.1 Å². The Morgan fingerprint density at radius 2 is 1.73 bits per heavy atom. The largest absolute Gasteiger partial charge is 0.493 e. The second kappa shape index (κ2) is 9.16. The normalized spacial score (nSPS) is 15.4. The molecule has 1 aromatic carbocycles. The maximum absolute atomic E-state index is 10.2. The van der Waals surface area contributed by atoms with Gasteiger partial charge in [-0.3, -0.25) is 0 Å². The fourth-order valence-electron chi connectivity index (χ4n) is 2.89. The molecule has 0 aliphatic rings. The molecule has 3 nitrogen and oxygen atoms in total. The van der Waals surface area contributed by atoms with Gasteiger partial charge in [0.15, 0.2) is 0 Å². The van der Waals surface area contributed by atoms with Gasteiger partial charge >= 0.3 is 0 Å². The predicted octanol–water partition coefficient (Wildman–Crippen LogP) is 4.11. The lowest BCUT2D eigenvalue weighted by atomic mass is 9.89. The zero-order valence-electron chi connectivity index (χ0n) is 14.7. The van der Waals surface area contributed by atoms with Gasteiger partial charge in [-0.15, -0.1) is 0 Å². The van der Waals surface area contributed by atoms with Gasteiger partial charge in [0.1, 0.15) is 5.75 Å². The molecule has 0 spiro atoms. The summed E-state index contributed by atoms with van der Waals surface area (Å²) in [5, 5.41) is 20.1. The standard InChI is InChI=1S/C19H32O3/c1-6-8-17(20)18(21)12-14(4)16-11-13(3)10-15(5)19(16)22-9-7-2/h10-11,14,17-18,20-21H,6-9,12H2,1-5H3. The van der Waals surface area contributed by atoms with E-state index in [1.165, 1.54) is 5.56 Å². The lowest BCUT2D eigenvalue weighted by Gasteiger charge is -2.24. The highest BCUT2D eigenvalue weighted by Crippen LogP contribution is 2.34. The summed E-state index contributed by atoms with van der Waals surface area (Å²) < 4.78 is 5.94. The molecule has 0 amide bonds. The van der Waals surface area contributed by atoms with Crippen LogP contribution in [-0.2, 0) is 0 Å². The van der Waals surface area contributed by atoms with E-state index < -0.39 is 12.2 Å². The Morgan fingerprint density at radius 3 is 2.32 bits per heavy atom. The van der Waals surface area contributed by atoms with Crippen LogP contribution in [0.15, 0.2) is 12.1 Å². The third kappa shape index (κ3) is 5.29. The summed E-state index contributed by atoms with van der Waals surface area (Å²) in [5.41, 5.74) is 3.47. The highest BCUT2D eigenvalue weighted by molar-refractivity contribution is 5.45. The smallest absolute Gasteiger partial charge is 0.125 e. The van der Waals surface area contributed by atoms with Crippen LogP contribution in [-0.4, -0.2) is 29.0 Å². The van der Waals surface area contributed by atoms with E-state index in [1.807, 2.05) is 6.92 Å². The summed E-state index contributed by atoms with van der Waals surface area (Å²) in [4.78, 5) is 0. The van der Waals surface area contributed by atoms with Crippen LogP contribution in [0.3, 0.4) is 0 Å². The number of benzene rings is 1. The number of hydrogen-bond acceptors (Lipinski definition) is 3. The molecule has 0 radical (unpaired) electrons. The Kier molecular flexibility index (Phi) is 7.91. The Morgan fingerprint density at radius 1 is 1.05 bits per heavy atom. The molecule has 3 heteroatoms. The predicted molar refractivity (Wildman–Crippen MR) is 91.7 cm³/mol. The molecule has 126 valence electrons. The maximum Gasteiger partial charge on any atom is 0.125 e. The molecule has 0 fully saturated rings. The first-order valence-electron chi connectivity index (χ1n) is 8.50. The highest BCUT2D eigenvalue weighted by Gasteiger charge is 2.22. The van der Waals surface area contributed by atoms with E-state index in [9.17, 15) is 10.2 Å². The van der Waals surface area contributed by atoms with Crippen LogP contribution in [0.25, 0.3) is 0 Å². The first-order valence-corrected chi connectivity index (χ1v) is 8.50. The highest BCUT2D eigenvalue weighted by atomic mass is 16.5. The molecule has 0 aliphatic carbocycles. The van der Waals surface area contributed by atoms with E-state index in [1.54, 1.807) is 0 Å². The Hall–Kier alpha value is -1.06. The number of hydrogen-bond donors (Lipinski definition) is 2. The van der Waals surface area contributed by atoms with E-state index in [2.05, 4.69) is 39.8 Å². The summed E-state index contributed by atoms with van der Waals surface area (Å²) in [6.07, 6.45) is 1.71. The minimum atomic E-state index is -0.685. The first kappa shape index (κ1) is 19.0. The van der Waals surface area contributed by atoms with Crippen molar-refractivity contribution in [1.29, 1.82) is 0 Å². The molecule has 0 bridgehead atoms. The first-order chi connectivity index (χ1) is 10.4. The van der Waals surface area contributed by atoms with Crippen LogP contribution in [0.4, 0.5) is 0 Å². The van der Waals surface area contributed by atoms with Gasteiger partial charge in [-0.25, -0.2) is 0 Å². The second-order valence-electron chi connectivity index (χ2n) is 6.41. The molecule has 22 heavy (non-hydrogen) atoms. The van der Waals surface area contributed by atoms with Crippen molar-refractivity contribution in [2.24, 2.45) is 0 Å². The molecule has 0 saturated carbocycles. The SMILES string of the molecule is CCCOc1c(C)cc(C)cc1C(C)CC(O)C(O)CCC. The van der Waals surface area contributed by atoms with Gasteiger partial charge in [0.05, 0.1) is 18.8 Å². The quantitative estimate of drug-likeness (QED) is 0.722. The molecule has 0 saturated heterocycles. The minimum absolute atomic E-state index is 0.145. The number of aliphatic hydroxyl groups is 2. The van der Waals surface area contributed by atoms with E-state index in [4.69, 9.17) is 4.74 Å². The zero-order chi connectivity index (χ0) is 16.7. The number of ether oxygens (including phenoxy) is 1. The summed E-state index contributed by atoms with van der Waals surface area (Å²) in [6, 6.07) is 4.27. The van der Waals surface area contributed by atoms with Crippen molar-refractivity contribution in [2.75, 3.05) is 6.61 Å². The molecule has 1 rings (SSSR count). The Balaban J connectivity index is 2.93. The molecule has 0 aliphatic heterocycles. The summed E-state index contributed by atoms with van der Waals surface area (Å²) in [6.45, 7) is 11.0. The molecular weight excluding hydrogens is 276 g/mol. The van der Waals surface area contributed by atoms with Crippen molar-refractivity contribution in [3.8, 4) is 5.75 Å². The van der Waals surface area contributed by atoms with Gasteiger partial charge in [-0.1, -0.05) is 44.9 Å². The molecule has 1 aromatic rings.